The predicted molar refractivity (Wildman–Crippen MR) is 85.8 cm³/mol. The van der Waals surface area contributed by atoms with Crippen molar-refractivity contribution in [2.24, 2.45) is 5.92 Å². The quantitative estimate of drug-likeness (QED) is 0.884. The third-order valence-corrected chi connectivity index (χ3v) is 4.56. The third-order valence-electron chi connectivity index (χ3n) is 3.60. The molecule has 1 N–H and O–H groups in total. The van der Waals surface area contributed by atoms with Gasteiger partial charge in [0, 0.05) is 41.7 Å². The molecule has 0 bridgehead atoms. The fraction of sp³-hybridized carbons (Fsp3) is 0.600. The Bertz CT molecular complexity index is 417. The van der Waals surface area contributed by atoms with Gasteiger partial charge in [0.05, 0.1) is 0 Å². The van der Waals surface area contributed by atoms with Crippen LogP contribution < -0.4 is 5.32 Å². The average molecular weight is 346 g/mol. The van der Waals surface area contributed by atoms with Crippen LogP contribution in [-0.4, -0.2) is 31.1 Å². The molecule has 1 heterocycles. The molecule has 19 heavy (non-hydrogen) atoms. The highest BCUT2D eigenvalue weighted by atomic mass is 79.9. The molecule has 0 unspecified atom stereocenters. The summed E-state index contributed by atoms with van der Waals surface area (Å²) >= 11 is 9.87. The van der Waals surface area contributed by atoms with Crippen molar-refractivity contribution in [1.82, 2.24) is 10.2 Å². The lowest BCUT2D eigenvalue weighted by molar-refractivity contribution is 0.153. The average Bonchev–Trinajstić information content (AvgIpc) is 2.40. The zero-order valence-electron chi connectivity index (χ0n) is 11.6. The first kappa shape index (κ1) is 15.3. The van der Waals surface area contributed by atoms with Gasteiger partial charge in [0.2, 0.25) is 0 Å². The number of hydrogen-bond donors (Lipinski definition) is 1. The van der Waals surface area contributed by atoms with Gasteiger partial charge in [-0.05, 0) is 36.1 Å². The van der Waals surface area contributed by atoms with Crippen LogP contribution in [0.25, 0.3) is 0 Å². The summed E-state index contributed by atoms with van der Waals surface area (Å²) in [7, 11) is 0. The van der Waals surface area contributed by atoms with Gasteiger partial charge in [-0.2, -0.15) is 0 Å². The highest BCUT2D eigenvalue weighted by molar-refractivity contribution is 9.10. The van der Waals surface area contributed by atoms with E-state index in [1.807, 2.05) is 6.07 Å². The van der Waals surface area contributed by atoms with Gasteiger partial charge in [-0.1, -0.05) is 41.4 Å². The lowest BCUT2D eigenvalue weighted by Gasteiger charge is -2.36. The molecule has 1 aliphatic rings. The maximum Gasteiger partial charge on any atom is 0.0410 e. The van der Waals surface area contributed by atoms with E-state index in [0.29, 0.717) is 12.0 Å². The second kappa shape index (κ2) is 7.07. The molecule has 2 rings (SSSR count). The first-order valence-corrected chi connectivity index (χ1v) is 8.14. The standard InChI is InChI=1S/C15H22BrClN2/c1-11(2)9-15(19-7-5-18-6-8-19)13-10-12(17)3-4-14(13)16/h3-4,10-11,15,18H,5-9H2,1-2H3/t15-/m1/s1. The molecule has 0 radical (unpaired) electrons. The Morgan fingerprint density at radius 2 is 2.00 bits per heavy atom. The molecular formula is C15H22BrClN2. The second-order valence-electron chi connectivity index (χ2n) is 5.60. The van der Waals surface area contributed by atoms with Crippen molar-refractivity contribution < 1.29 is 0 Å². The predicted octanol–water partition coefficient (Wildman–Crippen LogP) is 4.09. The molecule has 106 valence electrons. The smallest absolute Gasteiger partial charge is 0.0410 e. The Labute approximate surface area is 129 Å². The van der Waals surface area contributed by atoms with Gasteiger partial charge >= 0.3 is 0 Å². The van der Waals surface area contributed by atoms with Crippen molar-refractivity contribution >= 4 is 27.5 Å². The monoisotopic (exact) mass is 344 g/mol. The summed E-state index contributed by atoms with van der Waals surface area (Å²) in [6, 6.07) is 6.57. The number of rotatable bonds is 4. The summed E-state index contributed by atoms with van der Waals surface area (Å²) in [6.07, 6.45) is 1.17. The van der Waals surface area contributed by atoms with Crippen LogP contribution in [0.1, 0.15) is 31.9 Å². The van der Waals surface area contributed by atoms with E-state index in [1.54, 1.807) is 0 Å². The van der Waals surface area contributed by atoms with Gasteiger partial charge < -0.3 is 5.32 Å². The zero-order valence-corrected chi connectivity index (χ0v) is 14.0. The Kier molecular flexibility index (Phi) is 5.70. The van der Waals surface area contributed by atoms with Crippen LogP contribution in [-0.2, 0) is 0 Å². The molecule has 1 saturated heterocycles. The minimum atomic E-state index is 0.454. The minimum Gasteiger partial charge on any atom is -0.314 e. The first-order valence-electron chi connectivity index (χ1n) is 6.97. The van der Waals surface area contributed by atoms with E-state index in [4.69, 9.17) is 11.6 Å². The number of nitrogens with one attached hydrogen (secondary N) is 1. The van der Waals surface area contributed by atoms with Crippen LogP contribution >= 0.6 is 27.5 Å². The molecular weight excluding hydrogens is 324 g/mol. The summed E-state index contributed by atoms with van der Waals surface area (Å²) < 4.78 is 1.17. The van der Waals surface area contributed by atoms with Crippen LogP contribution in [0.5, 0.6) is 0 Å². The van der Waals surface area contributed by atoms with Crippen LogP contribution in [0, 0.1) is 5.92 Å². The largest absolute Gasteiger partial charge is 0.314 e. The maximum atomic E-state index is 6.18. The molecule has 0 spiro atoms. The minimum absolute atomic E-state index is 0.454. The summed E-state index contributed by atoms with van der Waals surface area (Å²) in [5, 5.41) is 4.24. The number of hydrogen-bond acceptors (Lipinski definition) is 2. The Morgan fingerprint density at radius 1 is 1.32 bits per heavy atom. The summed E-state index contributed by atoms with van der Waals surface area (Å²) in [4.78, 5) is 2.58. The van der Waals surface area contributed by atoms with E-state index in [2.05, 4.69) is 52.1 Å². The molecule has 0 saturated carbocycles. The van der Waals surface area contributed by atoms with Gasteiger partial charge in [0.15, 0.2) is 0 Å². The molecule has 2 nitrogen and oxygen atoms in total. The van der Waals surface area contributed by atoms with Crippen LogP contribution in [0.2, 0.25) is 5.02 Å². The van der Waals surface area contributed by atoms with Gasteiger partial charge in [-0.25, -0.2) is 0 Å². The van der Waals surface area contributed by atoms with Crippen LogP contribution in [0.15, 0.2) is 22.7 Å². The zero-order chi connectivity index (χ0) is 13.8. The van der Waals surface area contributed by atoms with E-state index in [1.165, 1.54) is 16.5 Å². The van der Waals surface area contributed by atoms with Crippen molar-refractivity contribution in [3.63, 3.8) is 0 Å². The molecule has 1 aromatic carbocycles. The fourth-order valence-corrected chi connectivity index (χ4v) is 3.37. The fourth-order valence-electron chi connectivity index (χ4n) is 2.68. The van der Waals surface area contributed by atoms with E-state index < -0.39 is 0 Å². The number of benzene rings is 1. The van der Waals surface area contributed by atoms with Gasteiger partial charge in [-0.3, -0.25) is 4.90 Å². The SMILES string of the molecule is CC(C)C[C@H](c1cc(Cl)ccc1Br)N1CCNCC1. The molecule has 1 aliphatic heterocycles. The molecule has 0 amide bonds. The van der Waals surface area contributed by atoms with E-state index >= 15 is 0 Å². The Hall–Kier alpha value is -0.0900. The molecule has 1 aromatic rings. The van der Waals surface area contributed by atoms with E-state index in [-0.39, 0.29) is 0 Å². The normalized spacial score (nSPS) is 18.8. The topological polar surface area (TPSA) is 15.3 Å². The first-order chi connectivity index (χ1) is 9.08. The lowest BCUT2D eigenvalue weighted by atomic mass is 9.95. The molecule has 0 aromatic heterocycles. The molecule has 1 atom stereocenters. The summed E-state index contributed by atoms with van der Waals surface area (Å²) in [6.45, 7) is 8.94. The van der Waals surface area contributed by atoms with Crippen molar-refractivity contribution in [1.29, 1.82) is 0 Å². The Balaban J connectivity index is 2.27. The summed E-state index contributed by atoms with van der Waals surface area (Å²) in [5.41, 5.74) is 1.32. The van der Waals surface area contributed by atoms with E-state index in [9.17, 15) is 0 Å². The van der Waals surface area contributed by atoms with Gasteiger partial charge in [-0.15, -0.1) is 0 Å². The maximum absolute atomic E-state index is 6.18. The third kappa shape index (κ3) is 4.19. The van der Waals surface area contributed by atoms with E-state index in [0.717, 1.165) is 31.2 Å². The summed E-state index contributed by atoms with van der Waals surface area (Å²) in [5.74, 6) is 0.672. The number of nitrogens with zero attached hydrogens (tertiary/aromatic N) is 1. The Morgan fingerprint density at radius 3 is 2.63 bits per heavy atom. The van der Waals surface area contributed by atoms with Crippen molar-refractivity contribution in [2.75, 3.05) is 26.2 Å². The van der Waals surface area contributed by atoms with Gasteiger partial charge in [0.25, 0.3) is 0 Å². The molecule has 4 heteroatoms. The molecule has 1 fully saturated rings. The van der Waals surface area contributed by atoms with Crippen LogP contribution in [0.4, 0.5) is 0 Å². The van der Waals surface area contributed by atoms with Crippen molar-refractivity contribution in [3.05, 3.63) is 33.3 Å². The number of halogens is 2. The lowest BCUT2D eigenvalue weighted by Crippen LogP contribution is -2.45. The van der Waals surface area contributed by atoms with Crippen LogP contribution in [0.3, 0.4) is 0 Å². The highest BCUT2D eigenvalue weighted by Crippen LogP contribution is 2.34. The number of piperazine rings is 1. The van der Waals surface area contributed by atoms with Crippen molar-refractivity contribution in [2.45, 2.75) is 26.3 Å². The van der Waals surface area contributed by atoms with Crippen molar-refractivity contribution in [3.8, 4) is 0 Å². The molecule has 0 aliphatic carbocycles. The highest BCUT2D eigenvalue weighted by Gasteiger charge is 2.24. The second-order valence-corrected chi connectivity index (χ2v) is 6.89. The van der Waals surface area contributed by atoms with Gasteiger partial charge in [0.1, 0.15) is 0 Å².